The Morgan fingerprint density at radius 2 is 1.79 bits per heavy atom. The number of aromatic nitrogens is 3. The van der Waals surface area contributed by atoms with Gasteiger partial charge in [0.05, 0.1) is 5.71 Å². The highest BCUT2D eigenvalue weighted by Gasteiger charge is 2.23. The fourth-order valence-electron chi connectivity index (χ4n) is 2.70. The zero-order valence-electron chi connectivity index (χ0n) is 13.1. The van der Waals surface area contributed by atoms with E-state index in [2.05, 4.69) is 29.3 Å². The van der Waals surface area contributed by atoms with Gasteiger partial charge < -0.3 is 5.11 Å². The first-order valence-corrected chi connectivity index (χ1v) is 8.71. The summed E-state index contributed by atoms with van der Waals surface area (Å²) in [6, 6.07) is 17.4. The van der Waals surface area contributed by atoms with Crippen molar-refractivity contribution < 1.29 is 5.11 Å². The Kier molecular flexibility index (Phi) is 3.82. The number of phenols is 1. The lowest BCUT2D eigenvalue weighted by Gasteiger charge is -2.16. The maximum absolute atomic E-state index is 9.46. The lowest BCUT2D eigenvalue weighted by Crippen LogP contribution is -2.15. The summed E-state index contributed by atoms with van der Waals surface area (Å²) in [5.41, 5.74) is 3.20. The van der Waals surface area contributed by atoms with E-state index < -0.39 is 0 Å². The highest BCUT2D eigenvalue weighted by atomic mass is 32.2. The number of fused-ring (bicyclic) bond motifs is 1. The molecule has 0 radical (unpaired) electrons. The fraction of sp³-hybridized carbons (Fsp3) is 0.167. The normalized spacial score (nSPS) is 14.8. The largest absolute Gasteiger partial charge is 0.508 e. The second-order valence-corrected chi connectivity index (χ2v) is 6.61. The quantitative estimate of drug-likeness (QED) is 0.795. The number of rotatable bonds is 3. The van der Waals surface area contributed by atoms with Gasteiger partial charge in [-0.2, -0.15) is 9.78 Å². The molecule has 0 aliphatic carbocycles. The van der Waals surface area contributed by atoms with Gasteiger partial charge in [0, 0.05) is 11.7 Å². The second kappa shape index (κ2) is 6.13. The zero-order chi connectivity index (χ0) is 16.5. The van der Waals surface area contributed by atoms with Gasteiger partial charge in [-0.15, -0.1) is 10.2 Å². The van der Waals surface area contributed by atoms with Crippen LogP contribution in [0.3, 0.4) is 0 Å². The van der Waals surface area contributed by atoms with Gasteiger partial charge in [-0.3, -0.25) is 0 Å². The first-order valence-electron chi connectivity index (χ1n) is 7.72. The van der Waals surface area contributed by atoms with Gasteiger partial charge in [0.2, 0.25) is 5.16 Å². The standard InChI is InChI=1S/C18H16N4OS/c1-12(13-7-9-15(23)10-8-13)17-19-20-18-22(17)21-16(11-24-18)14-5-3-2-4-6-14/h2-10,12,23H,11H2,1H3. The van der Waals surface area contributed by atoms with Crippen molar-refractivity contribution in [2.45, 2.75) is 18.0 Å². The number of hydrogen-bond acceptors (Lipinski definition) is 5. The summed E-state index contributed by atoms with van der Waals surface area (Å²) in [5, 5.41) is 23.7. The van der Waals surface area contributed by atoms with E-state index in [4.69, 9.17) is 5.10 Å². The fourth-order valence-corrected chi connectivity index (χ4v) is 3.54. The summed E-state index contributed by atoms with van der Waals surface area (Å²) in [7, 11) is 0. The minimum atomic E-state index is 0.0336. The van der Waals surface area contributed by atoms with Gasteiger partial charge in [0.1, 0.15) is 5.75 Å². The highest BCUT2D eigenvalue weighted by molar-refractivity contribution is 7.99. The minimum absolute atomic E-state index is 0.0336. The summed E-state index contributed by atoms with van der Waals surface area (Å²) >= 11 is 1.65. The maximum atomic E-state index is 9.46. The molecule has 0 spiro atoms. The molecule has 5 nitrogen and oxygen atoms in total. The van der Waals surface area contributed by atoms with E-state index in [9.17, 15) is 5.11 Å². The van der Waals surface area contributed by atoms with Crippen LogP contribution in [0.25, 0.3) is 0 Å². The Bertz CT molecular complexity index is 887. The molecule has 2 heterocycles. The molecule has 0 bridgehead atoms. The van der Waals surface area contributed by atoms with Gasteiger partial charge in [0.15, 0.2) is 5.82 Å². The van der Waals surface area contributed by atoms with Gasteiger partial charge in [-0.05, 0) is 23.3 Å². The molecule has 0 fully saturated rings. The molecule has 1 aromatic heterocycles. The molecule has 1 N–H and O–H groups in total. The number of aromatic hydroxyl groups is 1. The lowest BCUT2D eigenvalue weighted by atomic mass is 10.0. The molecular weight excluding hydrogens is 320 g/mol. The molecule has 3 aromatic rings. The number of hydrogen-bond donors (Lipinski definition) is 1. The second-order valence-electron chi connectivity index (χ2n) is 5.67. The van der Waals surface area contributed by atoms with Gasteiger partial charge in [-0.1, -0.05) is 61.2 Å². The van der Waals surface area contributed by atoms with E-state index in [-0.39, 0.29) is 11.7 Å². The van der Waals surface area contributed by atoms with Crippen molar-refractivity contribution in [3.05, 3.63) is 71.5 Å². The van der Waals surface area contributed by atoms with Crippen LogP contribution >= 0.6 is 11.8 Å². The molecule has 1 aliphatic rings. The van der Waals surface area contributed by atoms with Crippen LogP contribution in [0, 0.1) is 0 Å². The van der Waals surface area contributed by atoms with Gasteiger partial charge in [0.25, 0.3) is 0 Å². The van der Waals surface area contributed by atoms with Crippen LogP contribution < -0.4 is 0 Å². The SMILES string of the molecule is CC(c1ccc(O)cc1)c1nnc2n1N=C(c1ccccc1)CS2. The Morgan fingerprint density at radius 3 is 2.54 bits per heavy atom. The van der Waals surface area contributed by atoms with Crippen LogP contribution in [-0.2, 0) is 0 Å². The molecule has 0 amide bonds. The van der Waals surface area contributed by atoms with Crippen molar-refractivity contribution in [2.24, 2.45) is 5.10 Å². The molecule has 1 aliphatic heterocycles. The average molecular weight is 336 g/mol. The van der Waals surface area contributed by atoms with Crippen molar-refractivity contribution in [3.8, 4) is 5.75 Å². The molecule has 120 valence electrons. The van der Waals surface area contributed by atoms with Crippen LogP contribution in [0.4, 0.5) is 0 Å². The Labute approximate surface area is 144 Å². The summed E-state index contributed by atoms with van der Waals surface area (Å²) in [4.78, 5) is 0. The Balaban J connectivity index is 1.72. The van der Waals surface area contributed by atoms with Crippen molar-refractivity contribution in [3.63, 3.8) is 0 Å². The van der Waals surface area contributed by atoms with E-state index in [1.807, 2.05) is 35.0 Å². The predicted octanol–water partition coefficient (Wildman–Crippen LogP) is 3.49. The summed E-state index contributed by atoms with van der Waals surface area (Å²) in [6.45, 7) is 2.07. The highest BCUT2D eigenvalue weighted by Crippen LogP contribution is 2.30. The van der Waals surface area contributed by atoms with Crippen molar-refractivity contribution in [2.75, 3.05) is 5.75 Å². The van der Waals surface area contributed by atoms with Crippen LogP contribution in [0.15, 0.2) is 64.9 Å². The number of nitrogens with zero attached hydrogens (tertiary/aromatic N) is 4. The van der Waals surface area contributed by atoms with Crippen LogP contribution in [0.5, 0.6) is 5.75 Å². The van der Waals surface area contributed by atoms with Gasteiger partial charge >= 0.3 is 0 Å². The van der Waals surface area contributed by atoms with Crippen LogP contribution in [-0.4, -0.2) is 31.4 Å². The topological polar surface area (TPSA) is 63.3 Å². The lowest BCUT2D eigenvalue weighted by molar-refractivity contribution is 0.475. The Hall–Kier alpha value is -2.60. The van der Waals surface area contributed by atoms with Crippen molar-refractivity contribution in [1.29, 1.82) is 0 Å². The molecule has 6 heteroatoms. The van der Waals surface area contributed by atoms with Crippen LogP contribution in [0.1, 0.15) is 29.8 Å². The van der Waals surface area contributed by atoms with Crippen LogP contribution in [0.2, 0.25) is 0 Å². The number of thioether (sulfide) groups is 1. The third-order valence-electron chi connectivity index (χ3n) is 4.08. The number of phenolic OH excluding ortho intramolecular Hbond substituents is 1. The third kappa shape index (κ3) is 2.69. The Morgan fingerprint density at radius 1 is 1.04 bits per heavy atom. The van der Waals surface area contributed by atoms with E-state index in [0.29, 0.717) is 0 Å². The molecular formula is C18H16N4OS. The molecule has 0 saturated heterocycles. The molecule has 2 aromatic carbocycles. The smallest absolute Gasteiger partial charge is 0.212 e. The molecule has 1 unspecified atom stereocenters. The molecule has 24 heavy (non-hydrogen) atoms. The summed E-state index contributed by atoms with van der Waals surface area (Å²) in [5.74, 6) is 1.88. The molecule has 0 saturated carbocycles. The predicted molar refractivity (Wildman–Crippen MR) is 94.7 cm³/mol. The first kappa shape index (κ1) is 15.0. The maximum Gasteiger partial charge on any atom is 0.212 e. The first-order chi connectivity index (χ1) is 11.7. The third-order valence-corrected chi connectivity index (χ3v) is 5.01. The van der Waals surface area contributed by atoms with E-state index in [1.165, 1.54) is 0 Å². The van der Waals surface area contributed by atoms with E-state index >= 15 is 0 Å². The van der Waals surface area contributed by atoms with Crippen molar-refractivity contribution in [1.82, 2.24) is 14.9 Å². The average Bonchev–Trinajstić information content (AvgIpc) is 3.05. The molecule has 1 atom stereocenters. The number of benzene rings is 2. The zero-order valence-corrected chi connectivity index (χ0v) is 13.9. The monoisotopic (exact) mass is 336 g/mol. The van der Waals surface area contributed by atoms with Crippen molar-refractivity contribution >= 4 is 17.5 Å². The molecule has 4 rings (SSSR count). The van der Waals surface area contributed by atoms with E-state index in [1.54, 1.807) is 23.9 Å². The summed E-state index contributed by atoms with van der Waals surface area (Å²) < 4.78 is 1.84. The van der Waals surface area contributed by atoms with E-state index in [0.717, 1.165) is 33.6 Å². The minimum Gasteiger partial charge on any atom is -0.508 e. The summed E-state index contributed by atoms with van der Waals surface area (Å²) in [6.07, 6.45) is 0. The van der Waals surface area contributed by atoms with Gasteiger partial charge in [-0.25, -0.2) is 0 Å².